The number of benzene rings is 2. The van der Waals surface area contributed by atoms with Gasteiger partial charge in [-0.25, -0.2) is 4.68 Å². The minimum Gasteiger partial charge on any atom is -0.504 e. The number of anilines is 1. The summed E-state index contributed by atoms with van der Waals surface area (Å²) in [5.41, 5.74) is 2.67. The number of methoxy groups -OCH3 is 1. The van der Waals surface area contributed by atoms with Gasteiger partial charge < -0.3 is 40.5 Å². The molecule has 1 unspecified atom stereocenters. The van der Waals surface area contributed by atoms with Gasteiger partial charge in [-0.1, -0.05) is 25.1 Å². The SMILES string of the molecule is CCc1cc(-c2cnn3c2NC(C2CCC(C(=O)OC)CC2)C=C3N(C)C)ccc1-c1c(O)c(O)c(O)c(O)c1O. The molecule has 3 aromatic rings. The fourth-order valence-corrected chi connectivity index (χ4v) is 6.01. The van der Waals surface area contributed by atoms with Crippen LogP contribution >= 0.6 is 0 Å². The van der Waals surface area contributed by atoms with Crippen LogP contribution in [0.4, 0.5) is 5.82 Å². The molecule has 1 fully saturated rings. The number of nitrogens with one attached hydrogen (secondary N) is 1. The number of aryl methyl sites for hydroxylation is 1. The monoisotopic (exact) mass is 564 g/mol. The van der Waals surface area contributed by atoms with Crippen molar-refractivity contribution in [2.75, 3.05) is 26.5 Å². The van der Waals surface area contributed by atoms with Crippen molar-refractivity contribution in [3.8, 4) is 51.0 Å². The van der Waals surface area contributed by atoms with Crippen LogP contribution in [0.3, 0.4) is 0 Å². The van der Waals surface area contributed by atoms with E-state index in [4.69, 9.17) is 4.74 Å². The van der Waals surface area contributed by atoms with Gasteiger partial charge in [0.2, 0.25) is 17.2 Å². The van der Waals surface area contributed by atoms with Crippen molar-refractivity contribution in [1.82, 2.24) is 14.7 Å². The molecule has 0 bridgehead atoms. The molecular formula is C30H36N4O7. The summed E-state index contributed by atoms with van der Waals surface area (Å²) >= 11 is 0. The summed E-state index contributed by atoms with van der Waals surface area (Å²) in [6.07, 6.45) is 7.85. The Hall–Kier alpha value is -4.54. The first kappa shape index (κ1) is 28.0. The Morgan fingerprint density at radius 3 is 2.22 bits per heavy atom. The number of hydrogen-bond donors (Lipinski definition) is 6. The van der Waals surface area contributed by atoms with E-state index in [9.17, 15) is 30.3 Å². The minimum absolute atomic E-state index is 0.0377. The minimum atomic E-state index is -0.992. The van der Waals surface area contributed by atoms with Crippen molar-refractivity contribution < 1.29 is 35.1 Å². The molecule has 0 amide bonds. The van der Waals surface area contributed by atoms with Gasteiger partial charge >= 0.3 is 5.97 Å². The average molecular weight is 565 g/mol. The van der Waals surface area contributed by atoms with Crippen molar-refractivity contribution in [2.24, 2.45) is 11.8 Å². The molecule has 1 atom stereocenters. The molecule has 5 rings (SSSR count). The van der Waals surface area contributed by atoms with E-state index in [2.05, 4.69) is 16.5 Å². The van der Waals surface area contributed by atoms with Crippen molar-refractivity contribution in [2.45, 2.75) is 45.1 Å². The smallest absolute Gasteiger partial charge is 0.308 e. The number of phenols is 5. The number of fused-ring (bicyclic) bond motifs is 1. The van der Waals surface area contributed by atoms with Crippen LogP contribution in [0.5, 0.6) is 28.7 Å². The number of hydrogen-bond acceptors (Lipinski definition) is 10. The highest BCUT2D eigenvalue weighted by Crippen LogP contribution is 2.55. The molecule has 11 nitrogen and oxygen atoms in total. The van der Waals surface area contributed by atoms with Gasteiger partial charge in [-0.3, -0.25) is 4.79 Å². The van der Waals surface area contributed by atoms with E-state index >= 15 is 0 Å². The Bertz CT molecular complexity index is 1490. The lowest BCUT2D eigenvalue weighted by Gasteiger charge is -2.36. The number of aromatic hydroxyl groups is 5. The third kappa shape index (κ3) is 4.75. The molecule has 1 saturated carbocycles. The van der Waals surface area contributed by atoms with E-state index < -0.39 is 28.7 Å². The first-order valence-electron chi connectivity index (χ1n) is 13.7. The number of esters is 1. The molecule has 218 valence electrons. The third-order valence-corrected chi connectivity index (χ3v) is 8.33. The number of rotatable bonds is 6. The molecule has 2 aromatic carbocycles. The molecular weight excluding hydrogens is 528 g/mol. The average Bonchev–Trinajstić information content (AvgIpc) is 3.42. The first-order valence-corrected chi connectivity index (χ1v) is 13.7. The molecule has 41 heavy (non-hydrogen) atoms. The quantitative estimate of drug-likeness (QED) is 0.143. The van der Waals surface area contributed by atoms with Crippen LogP contribution < -0.4 is 5.32 Å². The standard InChI is InChI=1S/C30H36N4O7/c1-5-15-12-18(10-11-19(15)23-24(35)26(37)28(39)27(38)25(23)36)20-14-31-34-22(33(2)3)13-21(32-29(20)34)16-6-8-17(9-7-16)30(40)41-4/h10-14,16-17,21,32,35-39H,5-9H2,1-4H3. The second-order valence-electron chi connectivity index (χ2n) is 10.9. The highest BCUT2D eigenvalue weighted by molar-refractivity contribution is 5.88. The van der Waals surface area contributed by atoms with Gasteiger partial charge in [0.25, 0.3) is 0 Å². The van der Waals surface area contributed by atoms with Crippen molar-refractivity contribution in [3.05, 3.63) is 36.0 Å². The highest BCUT2D eigenvalue weighted by Gasteiger charge is 2.34. The van der Waals surface area contributed by atoms with Crippen LogP contribution in [0.2, 0.25) is 0 Å². The maximum atomic E-state index is 12.0. The molecule has 11 heteroatoms. The summed E-state index contributed by atoms with van der Waals surface area (Å²) in [4.78, 5) is 14.1. The lowest BCUT2D eigenvalue weighted by atomic mass is 9.78. The fourth-order valence-electron chi connectivity index (χ4n) is 6.01. The summed E-state index contributed by atoms with van der Waals surface area (Å²) in [5, 5.41) is 59.4. The van der Waals surface area contributed by atoms with Crippen LogP contribution in [-0.4, -0.2) is 73.4 Å². The number of phenolic OH excluding ortho intramolecular Hbond substituents is 5. The summed E-state index contributed by atoms with van der Waals surface area (Å²) in [7, 11) is 5.38. The number of aromatic nitrogens is 2. The lowest BCUT2D eigenvalue weighted by molar-refractivity contribution is -0.146. The zero-order valence-corrected chi connectivity index (χ0v) is 23.5. The van der Waals surface area contributed by atoms with Crippen molar-refractivity contribution in [1.29, 1.82) is 0 Å². The Kier molecular flexibility index (Phi) is 7.37. The Morgan fingerprint density at radius 2 is 1.63 bits per heavy atom. The number of carbonyl (C=O) groups excluding carboxylic acids is 1. The summed E-state index contributed by atoms with van der Waals surface area (Å²) in [6, 6.07) is 5.47. The predicted octanol–water partition coefficient (Wildman–Crippen LogP) is 4.44. The molecule has 1 aliphatic carbocycles. The highest BCUT2D eigenvalue weighted by atomic mass is 16.5. The molecule has 6 N–H and O–H groups in total. The van der Waals surface area contributed by atoms with Gasteiger partial charge in [0.1, 0.15) is 11.6 Å². The van der Waals surface area contributed by atoms with Gasteiger partial charge in [-0.05, 0) is 60.8 Å². The van der Waals surface area contributed by atoms with Crippen molar-refractivity contribution in [3.63, 3.8) is 0 Å². The maximum absolute atomic E-state index is 12.0. The van der Waals surface area contributed by atoms with Crippen LogP contribution in [0.15, 0.2) is 30.5 Å². The third-order valence-electron chi connectivity index (χ3n) is 8.33. The van der Waals surface area contributed by atoms with E-state index in [-0.39, 0.29) is 23.5 Å². The van der Waals surface area contributed by atoms with E-state index in [0.717, 1.165) is 54.0 Å². The zero-order chi connectivity index (χ0) is 29.6. The maximum Gasteiger partial charge on any atom is 0.308 e. The predicted molar refractivity (Wildman–Crippen MR) is 154 cm³/mol. The van der Waals surface area contributed by atoms with Crippen LogP contribution in [-0.2, 0) is 16.0 Å². The molecule has 1 aliphatic heterocycles. The Morgan fingerprint density at radius 1 is 1.00 bits per heavy atom. The molecule has 0 radical (unpaired) electrons. The number of nitrogens with zero attached hydrogens (tertiary/aromatic N) is 3. The molecule has 0 spiro atoms. The van der Waals surface area contributed by atoms with Gasteiger partial charge in [0.15, 0.2) is 11.5 Å². The molecule has 2 heterocycles. The van der Waals surface area contributed by atoms with E-state index in [1.54, 1.807) is 12.3 Å². The van der Waals surface area contributed by atoms with E-state index in [1.807, 2.05) is 42.7 Å². The number of ether oxygens (including phenoxy) is 1. The van der Waals surface area contributed by atoms with Crippen molar-refractivity contribution >= 4 is 17.6 Å². The molecule has 1 aromatic heterocycles. The normalized spacial score (nSPS) is 20.1. The van der Waals surface area contributed by atoms with Gasteiger partial charge in [-0.15, -0.1) is 0 Å². The first-order chi connectivity index (χ1) is 19.6. The Labute approximate surface area is 237 Å². The van der Waals surface area contributed by atoms with E-state index in [0.29, 0.717) is 17.9 Å². The van der Waals surface area contributed by atoms with Gasteiger partial charge in [0.05, 0.1) is 30.8 Å². The van der Waals surface area contributed by atoms with E-state index in [1.165, 1.54) is 7.11 Å². The van der Waals surface area contributed by atoms with Gasteiger partial charge in [-0.2, -0.15) is 5.10 Å². The summed E-state index contributed by atoms with van der Waals surface area (Å²) in [6.45, 7) is 1.91. The largest absolute Gasteiger partial charge is 0.504 e. The second-order valence-corrected chi connectivity index (χ2v) is 10.9. The van der Waals surface area contributed by atoms with Crippen LogP contribution in [0.1, 0.15) is 38.2 Å². The second kappa shape index (κ2) is 10.8. The Balaban J connectivity index is 1.51. The van der Waals surface area contributed by atoms with Crippen LogP contribution in [0.25, 0.3) is 28.1 Å². The summed E-state index contributed by atoms with van der Waals surface area (Å²) < 4.78 is 6.82. The summed E-state index contributed by atoms with van der Waals surface area (Å²) in [5.74, 6) is -2.37. The fraction of sp³-hybridized carbons (Fsp3) is 0.400. The van der Waals surface area contributed by atoms with Gasteiger partial charge in [0, 0.05) is 19.7 Å². The zero-order valence-electron chi connectivity index (χ0n) is 23.5. The topological polar surface area (TPSA) is 161 Å². The molecule has 0 saturated heterocycles. The van der Waals surface area contributed by atoms with Crippen LogP contribution in [0, 0.1) is 11.8 Å². The number of carbonyl (C=O) groups is 1. The molecule has 2 aliphatic rings. The lowest BCUT2D eigenvalue weighted by Crippen LogP contribution is -2.37.